The lowest BCUT2D eigenvalue weighted by molar-refractivity contribution is 0.381. The van der Waals surface area contributed by atoms with Crippen LogP contribution in [0.2, 0.25) is 0 Å². The maximum Gasteiger partial charge on any atom is 0.394 e. The Bertz CT molecular complexity index is 214. The molecule has 5 heteroatoms. The highest BCUT2D eigenvalue weighted by Crippen LogP contribution is 2.06. The third-order valence-corrected chi connectivity index (χ3v) is 1.76. The van der Waals surface area contributed by atoms with Crippen LogP contribution in [0.3, 0.4) is 0 Å². The third-order valence-electron chi connectivity index (χ3n) is 1.76. The lowest BCUT2D eigenvalue weighted by atomic mass is 10.1. The van der Waals surface area contributed by atoms with Gasteiger partial charge >= 0.3 is 10.4 Å². The second-order valence-corrected chi connectivity index (χ2v) is 4.19. The average Bonchev–Trinajstić information content (AvgIpc) is 2.08. The highest BCUT2D eigenvalue weighted by Gasteiger charge is 1.86. The van der Waals surface area contributed by atoms with Gasteiger partial charge in [0.05, 0.1) is 0 Å². The zero-order valence-corrected chi connectivity index (χ0v) is 10.2. The minimum absolute atomic E-state index is 1.20. The normalized spacial score (nSPS) is 10.3. The lowest BCUT2D eigenvalue weighted by Crippen LogP contribution is -1.89. The topological polar surface area (TPSA) is 74.6 Å². The molecule has 15 heavy (non-hydrogen) atoms. The second kappa shape index (κ2) is 11.7. The van der Waals surface area contributed by atoms with Crippen molar-refractivity contribution < 1.29 is 17.5 Å². The first kappa shape index (κ1) is 17.0. The molecule has 0 amide bonds. The van der Waals surface area contributed by atoms with Gasteiger partial charge < -0.3 is 0 Å². The van der Waals surface area contributed by atoms with E-state index in [1.54, 1.807) is 0 Å². The van der Waals surface area contributed by atoms with Crippen molar-refractivity contribution >= 4 is 10.4 Å². The van der Waals surface area contributed by atoms with Crippen molar-refractivity contribution in [1.29, 1.82) is 0 Å². The van der Waals surface area contributed by atoms with Crippen molar-refractivity contribution in [2.75, 3.05) is 0 Å². The molecule has 92 valence electrons. The molecule has 0 unspecified atom stereocenters. The molecular formula is C10H22O4S. The van der Waals surface area contributed by atoms with Crippen LogP contribution in [0, 0.1) is 0 Å². The summed E-state index contributed by atoms with van der Waals surface area (Å²) in [6.45, 7) is 5.95. The predicted molar refractivity (Wildman–Crippen MR) is 62.4 cm³/mol. The first-order valence-electron chi connectivity index (χ1n) is 5.22. The Kier molecular flexibility index (Phi) is 13.3. The van der Waals surface area contributed by atoms with Crippen LogP contribution in [0.15, 0.2) is 12.7 Å². The van der Waals surface area contributed by atoms with Gasteiger partial charge in [-0.15, -0.1) is 6.58 Å². The highest BCUT2D eigenvalue weighted by atomic mass is 32.3. The first-order chi connectivity index (χ1) is 6.91. The quantitative estimate of drug-likeness (QED) is 0.405. The molecule has 0 aliphatic heterocycles. The zero-order valence-electron chi connectivity index (χ0n) is 9.35. The van der Waals surface area contributed by atoms with E-state index in [4.69, 9.17) is 17.5 Å². The molecule has 0 bridgehead atoms. The fourth-order valence-electron chi connectivity index (χ4n) is 1.07. The summed E-state index contributed by atoms with van der Waals surface area (Å²) in [5.74, 6) is 0. The Morgan fingerprint density at radius 3 is 1.87 bits per heavy atom. The van der Waals surface area contributed by atoms with Gasteiger partial charge in [-0.2, -0.15) is 8.42 Å². The average molecular weight is 238 g/mol. The summed E-state index contributed by atoms with van der Waals surface area (Å²) in [6.07, 6.45) is 11.6. The molecule has 0 radical (unpaired) electrons. The summed E-state index contributed by atoms with van der Waals surface area (Å²) in [5, 5.41) is 0. The lowest BCUT2D eigenvalue weighted by Gasteiger charge is -1.96. The fraction of sp³-hybridized carbons (Fsp3) is 0.800. The van der Waals surface area contributed by atoms with Crippen LogP contribution in [0.5, 0.6) is 0 Å². The van der Waals surface area contributed by atoms with E-state index < -0.39 is 10.4 Å². The predicted octanol–water partition coefficient (Wildman–Crippen LogP) is 3.27. The van der Waals surface area contributed by atoms with Crippen molar-refractivity contribution in [2.45, 2.75) is 51.9 Å². The van der Waals surface area contributed by atoms with Crippen LogP contribution in [-0.4, -0.2) is 17.5 Å². The Balaban J connectivity index is 0. The summed E-state index contributed by atoms with van der Waals surface area (Å²) >= 11 is 0. The van der Waals surface area contributed by atoms with Gasteiger partial charge in [0.25, 0.3) is 0 Å². The van der Waals surface area contributed by atoms with Crippen LogP contribution in [0.1, 0.15) is 51.9 Å². The van der Waals surface area contributed by atoms with Gasteiger partial charge in [0.1, 0.15) is 0 Å². The van der Waals surface area contributed by atoms with E-state index in [1.165, 1.54) is 44.9 Å². The van der Waals surface area contributed by atoms with Crippen molar-refractivity contribution in [1.82, 2.24) is 0 Å². The molecule has 0 aromatic heterocycles. The maximum atomic E-state index is 8.74. The number of rotatable bonds is 7. The van der Waals surface area contributed by atoms with Gasteiger partial charge in [0.2, 0.25) is 0 Å². The summed E-state index contributed by atoms with van der Waals surface area (Å²) < 4.78 is 31.6. The van der Waals surface area contributed by atoms with Crippen molar-refractivity contribution in [2.24, 2.45) is 0 Å². The SMILES string of the molecule is C=CCCCCCCCC.O=S(=O)(O)O. The molecule has 0 rings (SSSR count). The number of allylic oxidation sites excluding steroid dienone is 1. The molecule has 0 heterocycles. The van der Waals surface area contributed by atoms with Crippen LogP contribution < -0.4 is 0 Å². The van der Waals surface area contributed by atoms with Gasteiger partial charge in [0, 0.05) is 0 Å². The summed E-state index contributed by atoms with van der Waals surface area (Å²) in [4.78, 5) is 0. The van der Waals surface area contributed by atoms with Gasteiger partial charge in [-0.1, -0.05) is 45.1 Å². The molecule has 0 fully saturated rings. The van der Waals surface area contributed by atoms with E-state index in [0.29, 0.717) is 0 Å². The van der Waals surface area contributed by atoms with Crippen molar-refractivity contribution in [3.05, 3.63) is 12.7 Å². The zero-order chi connectivity index (χ0) is 12.2. The van der Waals surface area contributed by atoms with Crippen LogP contribution in [0.25, 0.3) is 0 Å². The Hall–Kier alpha value is -0.390. The molecule has 0 aliphatic carbocycles. The minimum atomic E-state index is -4.67. The van der Waals surface area contributed by atoms with Crippen LogP contribution in [0.4, 0.5) is 0 Å². The molecule has 0 atom stereocenters. The standard InChI is InChI=1S/C10H20.H2O4S/c1-3-5-7-9-10-8-6-4-2;1-5(2,3)4/h3H,1,4-10H2,2H3;(H2,1,2,3,4). The van der Waals surface area contributed by atoms with E-state index in [1.807, 2.05) is 6.08 Å². The van der Waals surface area contributed by atoms with Crippen LogP contribution in [-0.2, 0) is 10.4 Å². The monoisotopic (exact) mass is 238 g/mol. The Morgan fingerprint density at radius 1 is 1.07 bits per heavy atom. The van der Waals surface area contributed by atoms with Gasteiger partial charge in [-0.3, -0.25) is 9.11 Å². The molecular weight excluding hydrogens is 216 g/mol. The molecule has 0 aromatic carbocycles. The number of unbranched alkanes of at least 4 members (excludes halogenated alkanes) is 6. The van der Waals surface area contributed by atoms with E-state index in [-0.39, 0.29) is 0 Å². The Labute approximate surface area is 93.0 Å². The second-order valence-electron chi connectivity index (χ2n) is 3.29. The maximum absolute atomic E-state index is 8.74. The first-order valence-corrected chi connectivity index (χ1v) is 6.62. The van der Waals surface area contributed by atoms with Crippen molar-refractivity contribution in [3.8, 4) is 0 Å². The summed E-state index contributed by atoms with van der Waals surface area (Å²) in [6, 6.07) is 0. The number of hydrogen-bond acceptors (Lipinski definition) is 2. The van der Waals surface area contributed by atoms with Gasteiger partial charge in [0.15, 0.2) is 0 Å². The van der Waals surface area contributed by atoms with E-state index in [9.17, 15) is 0 Å². The largest absolute Gasteiger partial charge is 0.394 e. The van der Waals surface area contributed by atoms with Gasteiger partial charge in [-0.25, -0.2) is 0 Å². The molecule has 0 saturated heterocycles. The van der Waals surface area contributed by atoms with Gasteiger partial charge in [-0.05, 0) is 12.8 Å². The minimum Gasteiger partial charge on any atom is -0.264 e. The summed E-state index contributed by atoms with van der Waals surface area (Å²) in [7, 11) is -4.67. The summed E-state index contributed by atoms with van der Waals surface area (Å²) in [5.41, 5.74) is 0. The van der Waals surface area contributed by atoms with E-state index in [2.05, 4.69) is 13.5 Å². The molecule has 0 aliphatic rings. The van der Waals surface area contributed by atoms with E-state index in [0.717, 1.165) is 0 Å². The van der Waals surface area contributed by atoms with E-state index >= 15 is 0 Å². The highest BCUT2D eigenvalue weighted by molar-refractivity contribution is 7.79. The van der Waals surface area contributed by atoms with Crippen LogP contribution >= 0.6 is 0 Å². The molecule has 0 spiro atoms. The van der Waals surface area contributed by atoms with Crippen molar-refractivity contribution in [3.63, 3.8) is 0 Å². The number of hydrogen-bond donors (Lipinski definition) is 2. The Morgan fingerprint density at radius 2 is 1.47 bits per heavy atom. The third kappa shape index (κ3) is 42.0. The molecule has 0 aromatic rings. The molecule has 4 nitrogen and oxygen atoms in total. The molecule has 2 N–H and O–H groups in total. The smallest absolute Gasteiger partial charge is 0.264 e. The fourth-order valence-corrected chi connectivity index (χ4v) is 1.07. The molecule has 0 saturated carbocycles.